The van der Waals surface area contributed by atoms with E-state index in [0.717, 1.165) is 4.47 Å². The minimum absolute atomic E-state index is 0.0351. The molecule has 0 radical (unpaired) electrons. The maximum Gasteiger partial charge on any atom is 0.309 e. The molecule has 1 aliphatic heterocycles. The van der Waals surface area contributed by atoms with Crippen LogP contribution in [0.2, 0.25) is 0 Å². The number of carbonyl (C=O) groups is 2. The number of aromatic nitrogens is 2. The van der Waals surface area contributed by atoms with Gasteiger partial charge in [-0.2, -0.15) is 5.10 Å². The monoisotopic (exact) mass is 357 g/mol. The van der Waals surface area contributed by atoms with Gasteiger partial charge in [-0.05, 0) is 42.6 Å². The molecule has 0 N–H and O–H groups in total. The first-order chi connectivity index (χ1) is 10.0. The maximum absolute atomic E-state index is 12.4. The molecule has 1 saturated heterocycles. The van der Waals surface area contributed by atoms with Crippen LogP contribution in [0.5, 0.6) is 0 Å². The lowest BCUT2D eigenvalue weighted by atomic mass is 9.96. The summed E-state index contributed by atoms with van der Waals surface area (Å²) in [6.45, 7) is 5.23. The molecule has 2 heterocycles. The van der Waals surface area contributed by atoms with E-state index in [-0.39, 0.29) is 23.8 Å². The molecule has 1 aromatic heterocycles. The van der Waals surface area contributed by atoms with Gasteiger partial charge < -0.3 is 9.64 Å². The van der Waals surface area contributed by atoms with Crippen LogP contribution in [0.3, 0.4) is 0 Å². The van der Waals surface area contributed by atoms with Gasteiger partial charge in [-0.15, -0.1) is 0 Å². The molecule has 116 valence electrons. The van der Waals surface area contributed by atoms with Crippen LogP contribution < -0.4 is 0 Å². The van der Waals surface area contributed by atoms with Gasteiger partial charge in [0.25, 0.3) is 0 Å². The topological polar surface area (TPSA) is 64.4 Å². The van der Waals surface area contributed by atoms with Gasteiger partial charge in [0.15, 0.2) is 0 Å². The molecule has 0 bridgehead atoms. The highest BCUT2D eigenvalue weighted by Gasteiger charge is 2.30. The summed E-state index contributed by atoms with van der Waals surface area (Å²) in [5.41, 5.74) is 0. The molecular weight excluding hydrogens is 338 g/mol. The molecule has 7 heteroatoms. The number of ether oxygens (including phenoxy) is 1. The second-order valence-electron chi connectivity index (χ2n) is 5.17. The molecular formula is C14H20BrN3O3. The highest BCUT2D eigenvalue weighted by molar-refractivity contribution is 9.10. The van der Waals surface area contributed by atoms with E-state index in [9.17, 15) is 9.59 Å². The third-order valence-electron chi connectivity index (χ3n) is 3.75. The fraction of sp³-hybridized carbons (Fsp3) is 0.643. The zero-order valence-corrected chi connectivity index (χ0v) is 13.9. The summed E-state index contributed by atoms with van der Waals surface area (Å²) in [6.07, 6.45) is 4.78. The SMILES string of the molecule is CCOC(=O)C1CCN(C(=O)C(C)n2cc(Br)cn2)CC1. The zero-order valence-electron chi connectivity index (χ0n) is 12.3. The van der Waals surface area contributed by atoms with Crippen molar-refractivity contribution >= 4 is 27.8 Å². The number of halogens is 1. The predicted octanol–water partition coefficient (Wildman–Crippen LogP) is 2.01. The third-order valence-corrected chi connectivity index (χ3v) is 4.16. The maximum atomic E-state index is 12.4. The third kappa shape index (κ3) is 3.84. The fourth-order valence-electron chi connectivity index (χ4n) is 2.50. The molecule has 1 aromatic rings. The van der Waals surface area contributed by atoms with Crippen LogP contribution in [0.4, 0.5) is 0 Å². The van der Waals surface area contributed by atoms with Crippen LogP contribution in [0.25, 0.3) is 0 Å². The minimum atomic E-state index is -0.338. The first-order valence-electron chi connectivity index (χ1n) is 7.18. The number of carbonyl (C=O) groups excluding carboxylic acids is 2. The minimum Gasteiger partial charge on any atom is -0.466 e. The Morgan fingerprint density at radius 1 is 1.48 bits per heavy atom. The van der Waals surface area contributed by atoms with Crippen LogP contribution in [0, 0.1) is 5.92 Å². The van der Waals surface area contributed by atoms with E-state index in [2.05, 4.69) is 21.0 Å². The molecule has 0 aliphatic carbocycles. The molecule has 2 rings (SSSR count). The zero-order chi connectivity index (χ0) is 15.4. The van der Waals surface area contributed by atoms with E-state index in [4.69, 9.17) is 4.74 Å². The van der Waals surface area contributed by atoms with Gasteiger partial charge in [0.2, 0.25) is 5.91 Å². The Morgan fingerprint density at radius 3 is 2.67 bits per heavy atom. The van der Waals surface area contributed by atoms with Crippen LogP contribution in [0.1, 0.15) is 32.7 Å². The summed E-state index contributed by atoms with van der Waals surface area (Å²) < 4.78 is 7.53. The fourth-order valence-corrected chi connectivity index (χ4v) is 2.80. The van der Waals surface area contributed by atoms with E-state index in [1.807, 2.05) is 6.92 Å². The van der Waals surface area contributed by atoms with Crippen molar-refractivity contribution in [2.24, 2.45) is 5.92 Å². The summed E-state index contributed by atoms with van der Waals surface area (Å²) in [5.74, 6) is -0.190. The first-order valence-corrected chi connectivity index (χ1v) is 7.97. The van der Waals surface area contributed by atoms with Crippen LogP contribution in [0.15, 0.2) is 16.9 Å². The van der Waals surface area contributed by atoms with E-state index in [0.29, 0.717) is 32.5 Å². The Kier molecular flexibility index (Phi) is 5.39. The van der Waals surface area contributed by atoms with Gasteiger partial charge >= 0.3 is 5.97 Å². The Hall–Kier alpha value is -1.37. The number of likely N-dealkylation sites (tertiary alicyclic amines) is 1. The summed E-state index contributed by atoms with van der Waals surface area (Å²) in [6, 6.07) is -0.338. The smallest absolute Gasteiger partial charge is 0.309 e. The van der Waals surface area contributed by atoms with E-state index in [1.54, 1.807) is 28.9 Å². The first kappa shape index (κ1) is 16.0. The Bertz CT molecular complexity index is 509. The summed E-state index contributed by atoms with van der Waals surface area (Å²) >= 11 is 3.32. The molecule has 21 heavy (non-hydrogen) atoms. The van der Waals surface area contributed by atoms with E-state index in [1.165, 1.54) is 0 Å². The van der Waals surface area contributed by atoms with Gasteiger partial charge in [0.05, 0.1) is 23.2 Å². The Morgan fingerprint density at radius 2 is 2.14 bits per heavy atom. The molecule has 0 spiro atoms. The van der Waals surface area contributed by atoms with E-state index < -0.39 is 0 Å². The van der Waals surface area contributed by atoms with Crippen molar-refractivity contribution in [3.8, 4) is 0 Å². The highest BCUT2D eigenvalue weighted by Crippen LogP contribution is 2.21. The number of rotatable bonds is 4. The number of nitrogens with zero attached hydrogens (tertiary/aromatic N) is 3. The van der Waals surface area contributed by atoms with Crippen molar-refractivity contribution in [1.29, 1.82) is 0 Å². The van der Waals surface area contributed by atoms with Crippen molar-refractivity contribution < 1.29 is 14.3 Å². The number of hydrogen-bond donors (Lipinski definition) is 0. The van der Waals surface area contributed by atoms with E-state index >= 15 is 0 Å². The van der Waals surface area contributed by atoms with Gasteiger partial charge in [0.1, 0.15) is 6.04 Å². The lowest BCUT2D eigenvalue weighted by Crippen LogP contribution is -2.43. The van der Waals surface area contributed by atoms with Gasteiger partial charge in [-0.3, -0.25) is 14.3 Å². The van der Waals surface area contributed by atoms with Crippen molar-refractivity contribution in [1.82, 2.24) is 14.7 Å². The summed E-state index contributed by atoms with van der Waals surface area (Å²) in [7, 11) is 0. The Labute approximate surface area is 132 Å². The average Bonchev–Trinajstić information content (AvgIpc) is 2.92. The average molecular weight is 358 g/mol. The van der Waals surface area contributed by atoms with Crippen molar-refractivity contribution in [3.63, 3.8) is 0 Å². The normalized spacial score (nSPS) is 17.6. The number of hydrogen-bond acceptors (Lipinski definition) is 4. The molecule has 0 aromatic carbocycles. The van der Waals surface area contributed by atoms with Crippen LogP contribution in [-0.4, -0.2) is 46.3 Å². The van der Waals surface area contributed by atoms with Gasteiger partial charge in [-0.1, -0.05) is 0 Å². The van der Waals surface area contributed by atoms with Crippen molar-refractivity contribution in [2.75, 3.05) is 19.7 Å². The van der Waals surface area contributed by atoms with Crippen LogP contribution in [-0.2, 0) is 14.3 Å². The summed E-state index contributed by atoms with van der Waals surface area (Å²) in [4.78, 5) is 25.9. The second kappa shape index (κ2) is 7.06. The lowest BCUT2D eigenvalue weighted by molar-refractivity contribution is -0.151. The second-order valence-corrected chi connectivity index (χ2v) is 6.08. The van der Waals surface area contributed by atoms with Crippen molar-refractivity contribution in [2.45, 2.75) is 32.7 Å². The molecule has 0 saturated carbocycles. The van der Waals surface area contributed by atoms with Gasteiger partial charge in [-0.25, -0.2) is 0 Å². The highest BCUT2D eigenvalue weighted by atomic mass is 79.9. The number of esters is 1. The molecule has 1 aliphatic rings. The predicted molar refractivity (Wildman–Crippen MR) is 80.6 cm³/mol. The molecule has 1 amide bonds. The molecule has 1 fully saturated rings. The van der Waals surface area contributed by atoms with Crippen molar-refractivity contribution in [3.05, 3.63) is 16.9 Å². The largest absolute Gasteiger partial charge is 0.466 e. The quantitative estimate of drug-likeness (QED) is 0.773. The number of amides is 1. The lowest BCUT2D eigenvalue weighted by Gasteiger charge is -2.32. The van der Waals surface area contributed by atoms with Gasteiger partial charge in [0, 0.05) is 19.3 Å². The molecule has 1 unspecified atom stereocenters. The molecule has 1 atom stereocenters. The molecule has 6 nitrogen and oxygen atoms in total. The van der Waals surface area contributed by atoms with Crippen LogP contribution >= 0.6 is 15.9 Å². The standard InChI is InChI=1S/C14H20BrN3O3/c1-3-21-14(20)11-4-6-17(7-5-11)13(19)10(2)18-9-12(15)8-16-18/h8-11H,3-7H2,1-2H3. The Balaban J connectivity index is 1.89. The number of piperidine rings is 1. The summed E-state index contributed by atoms with van der Waals surface area (Å²) in [5, 5.41) is 4.15.